The van der Waals surface area contributed by atoms with Crippen molar-refractivity contribution in [3.05, 3.63) is 29.8 Å². The molecule has 3 heterocycles. The number of aromatic nitrogens is 3. The number of alkyl halides is 3. The summed E-state index contributed by atoms with van der Waals surface area (Å²) in [5.74, 6) is -1.68. The van der Waals surface area contributed by atoms with E-state index >= 15 is 0 Å². The minimum atomic E-state index is -4.69. The van der Waals surface area contributed by atoms with Crippen LogP contribution in [-0.4, -0.2) is 74.5 Å². The molecule has 2 fully saturated rings. The van der Waals surface area contributed by atoms with Crippen LogP contribution in [0.1, 0.15) is 56.4 Å². The van der Waals surface area contributed by atoms with E-state index < -0.39 is 42.4 Å². The van der Waals surface area contributed by atoms with E-state index in [0.29, 0.717) is 6.42 Å². The van der Waals surface area contributed by atoms with Crippen LogP contribution in [0.5, 0.6) is 5.88 Å². The zero-order chi connectivity index (χ0) is 27.8. The van der Waals surface area contributed by atoms with E-state index in [1.54, 1.807) is 4.90 Å². The highest BCUT2D eigenvalue weighted by atomic mass is 19.4. The van der Waals surface area contributed by atoms with Crippen molar-refractivity contribution < 1.29 is 37.0 Å². The average Bonchev–Trinajstić information content (AvgIpc) is 3.36. The lowest BCUT2D eigenvalue weighted by Crippen LogP contribution is -2.54. The predicted molar refractivity (Wildman–Crippen MR) is 128 cm³/mol. The van der Waals surface area contributed by atoms with Gasteiger partial charge in [0.25, 0.3) is 5.91 Å². The molecule has 2 aliphatic rings. The van der Waals surface area contributed by atoms with Crippen LogP contribution in [0.3, 0.4) is 0 Å². The molecule has 1 saturated heterocycles. The van der Waals surface area contributed by atoms with E-state index in [2.05, 4.69) is 20.5 Å². The molecule has 2 amide bonds. The van der Waals surface area contributed by atoms with Crippen LogP contribution in [0.25, 0.3) is 11.3 Å². The second-order valence-electron chi connectivity index (χ2n) is 10.3. The number of hydrogen-bond acceptors (Lipinski definition) is 6. The number of aromatic amines is 1. The number of halogens is 4. The van der Waals surface area contributed by atoms with Gasteiger partial charge in [-0.15, -0.1) is 0 Å². The Morgan fingerprint density at radius 1 is 1.24 bits per heavy atom. The van der Waals surface area contributed by atoms with E-state index in [1.807, 2.05) is 13.8 Å². The number of nitrogens with one attached hydrogen (secondary N) is 2. The van der Waals surface area contributed by atoms with E-state index in [1.165, 1.54) is 19.2 Å². The largest absolute Gasteiger partial charge is 0.481 e. The molecular formula is C25H31F4N5O4. The Labute approximate surface area is 217 Å². The first kappa shape index (κ1) is 27.8. The SMILES string of the molecule is COc1cc(-c2cc(C(=O)N3C[C@@H](C)[C@H](C(=O)N[C@H]4CC[C@@](O)(C(F)(F)F)CC4)C[C@@H]3C)n[nH]2)c(F)cn1. The van der Waals surface area contributed by atoms with Gasteiger partial charge >= 0.3 is 6.18 Å². The van der Waals surface area contributed by atoms with Gasteiger partial charge in [-0.2, -0.15) is 18.3 Å². The summed E-state index contributed by atoms with van der Waals surface area (Å²) in [7, 11) is 1.40. The van der Waals surface area contributed by atoms with E-state index in [-0.39, 0.29) is 66.0 Å². The molecule has 1 aliphatic carbocycles. The smallest absolute Gasteiger partial charge is 0.417 e. The third-order valence-corrected chi connectivity index (χ3v) is 7.71. The molecule has 1 aliphatic heterocycles. The third kappa shape index (κ3) is 5.47. The standard InChI is InChI=1S/C25H31F4N5O4/c1-13-12-34(23(36)20-10-19(32-33-20)17-9-21(38-3)30-11-18(17)26)14(2)8-16(13)22(35)31-15-4-6-24(37,7-5-15)25(27,28)29/h9-11,13-16,37H,4-8,12H2,1-3H3,(H,31,35)(H,32,33)/t13-,14+,15-,16-,24-/m1/s1. The number of likely N-dealkylation sites (tertiary alicyclic amines) is 1. The van der Waals surface area contributed by atoms with Gasteiger partial charge in [0.05, 0.1) is 19.0 Å². The van der Waals surface area contributed by atoms with Crippen LogP contribution >= 0.6 is 0 Å². The number of rotatable bonds is 5. The second kappa shape index (κ2) is 10.5. The fraction of sp³-hybridized carbons (Fsp3) is 0.600. The van der Waals surface area contributed by atoms with Crippen molar-refractivity contribution in [1.82, 2.24) is 25.4 Å². The molecule has 3 N–H and O–H groups in total. The molecule has 38 heavy (non-hydrogen) atoms. The zero-order valence-corrected chi connectivity index (χ0v) is 21.3. The highest BCUT2D eigenvalue weighted by Gasteiger charge is 2.54. The Bertz CT molecular complexity index is 1180. The van der Waals surface area contributed by atoms with Crippen LogP contribution in [0.15, 0.2) is 18.3 Å². The summed E-state index contributed by atoms with van der Waals surface area (Å²) in [6, 6.07) is 2.08. The van der Waals surface area contributed by atoms with Crippen LogP contribution < -0.4 is 10.1 Å². The monoisotopic (exact) mass is 541 g/mol. The molecule has 2 aromatic heterocycles. The Balaban J connectivity index is 1.37. The maximum atomic E-state index is 14.3. The highest BCUT2D eigenvalue weighted by molar-refractivity contribution is 5.94. The van der Waals surface area contributed by atoms with Crippen LogP contribution in [0.2, 0.25) is 0 Å². The first-order valence-corrected chi connectivity index (χ1v) is 12.5. The van der Waals surface area contributed by atoms with Gasteiger partial charge in [0.2, 0.25) is 11.8 Å². The molecule has 13 heteroatoms. The number of amides is 2. The van der Waals surface area contributed by atoms with Gasteiger partial charge in [0.15, 0.2) is 17.1 Å². The number of carbonyl (C=O) groups excluding carboxylic acids is 2. The number of ether oxygens (including phenoxy) is 1. The minimum Gasteiger partial charge on any atom is -0.481 e. The van der Waals surface area contributed by atoms with Crippen LogP contribution in [0.4, 0.5) is 17.6 Å². The van der Waals surface area contributed by atoms with Crippen LogP contribution in [-0.2, 0) is 4.79 Å². The van der Waals surface area contributed by atoms with Crippen molar-refractivity contribution in [1.29, 1.82) is 0 Å². The first-order valence-electron chi connectivity index (χ1n) is 12.5. The fourth-order valence-corrected chi connectivity index (χ4v) is 5.28. The molecular weight excluding hydrogens is 510 g/mol. The van der Waals surface area contributed by atoms with Crippen molar-refractivity contribution in [2.45, 2.75) is 69.8 Å². The van der Waals surface area contributed by atoms with E-state index in [0.717, 1.165) is 6.20 Å². The lowest BCUT2D eigenvalue weighted by molar-refractivity contribution is -0.270. The maximum Gasteiger partial charge on any atom is 0.417 e. The highest BCUT2D eigenvalue weighted by Crippen LogP contribution is 2.41. The summed E-state index contributed by atoms with van der Waals surface area (Å²) < 4.78 is 58.5. The van der Waals surface area contributed by atoms with E-state index in [9.17, 15) is 32.3 Å². The lowest BCUT2D eigenvalue weighted by atomic mass is 9.80. The molecule has 0 bridgehead atoms. The molecule has 1 saturated carbocycles. The van der Waals surface area contributed by atoms with Crippen molar-refractivity contribution in [2.24, 2.45) is 11.8 Å². The third-order valence-electron chi connectivity index (χ3n) is 7.71. The maximum absolute atomic E-state index is 14.3. The summed E-state index contributed by atoms with van der Waals surface area (Å²) in [5.41, 5.74) is -2.18. The van der Waals surface area contributed by atoms with Crippen molar-refractivity contribution >= 4 is 11.8 Å². The van der Waals surface area contributed by atoms with Gasteiger partial charge in [0.1, 0.15) is 0 Å². The molecule has 0 spiro atoms. The number of H-pyrrole nitrogens is 1. The molecule has 3 atom stereocenters. The predicted octanol–water partition coefficient (Wildman–Crippen LogP) is 3.46. The van der Waals surface area contributed by atoms with Gasteiger partial charge in [0, 0.05) is 36.2 Å². The number of carbonyl (C=O) groups is 2. The Kier molecular flexibility index (Phi) is 7.69. The molecule has 0 unspecified atom stereocenters. The molecule has 0 radical (unpaired) electrons. The number of nitrogens with zero attached hydrogens (tertiary/aromatic N) is 3. The normalized spacial score (nSPS) is 28.2. The molecule has 2 aromatic rings. The minimum absolute atomic E-state index is 0.0362. The van der Waals surface area contributed by atoms with Crippen molar-refractivity contribution in [3.63, 3.8) is 0 Å². The van der Waals surface area contributed by atoms with Crippen LogP contribution in [0, 0.1) is 17.7 Å². The van der Waals surface area contributed by atoms with Gasteiger partial charge in [-0.25, -0.2) is 9.37 Å². The van der Waals surface area contributed by atoms with Gasteiger partial charge in [-0.05, 0) is 51.0 Å². The van der Waals surface area contributed by atoms with Gasteiger partial charge in [-0.3, -0.25) is 14.7 Å². The molecule has 0 aromatic carbocycles. The van der Waals surface area contributed by atoms with Crippen molar-refractivity contribution in [3.8, 4) is 17.1 Å². The first-order chi connectivity index (χ1) is 17.8. The average molecular weight is 542 g/mol. The van der Waals surface area contributed by atoms with E-state index in [4.69, 9.17) is 4.74 Å². The Morgan fingerprint density at radius 3 is 2.55 bits per heavy atom. The number of methoxy groups -OCH3 is 1. The quantitative estimate of drug-likeness (QED) is 0.499. The van der Waals surface area contributed by atoms with Gasteiger partial charge < -0.3 is 20.1 Å². The summed E-state index contributed by atoms with van der Waals surface area (Å²) in [6.45, 7) is 3.93. The Hall–Kier alpha value is -3.22. The summed E-state index contributed by atoms with van der Waals surface area (Å²) in [5, 5.41) is 19.4. The lowest BCUT2D eigenvalue weighted by Gasteiger charge is -2.42. The number of piperidine rings is 1. The summed E-state index contributed by atoms with van der Waals surface area (Å²) >= 11 is 0. The number of hydrogen-bond donors (Lipinski definition) is 3. The summed E-state index contributed by atoms with van der Waals surface area (Å²) in [6.07, 6.45) is -4.15. The molecule has 4 rings (SSSR count). The molecule has 9 nitrogen and oxygen atoms in total. The fourth-order valence-electron chi connectivity index (χ4n) is 5.28. The molecule has 208 valence electrons. The zero-order valence-electron chi connectivity index (χ0n) is 21.3. The second-order valence-corrected chi connectivity index (χ2v) is 10.3. The number of pyridine rings is 1. The van der Waals surface area contributed by atoms with Gasteiger partial charge in [-0.1, -0.05) is 6.92 Å². The number of aliphatic hydroxyl groups is 1. The summed E-state index contributed by atoms with van der Waals surface area (Å²) in [4.78, 5) is 31.7. The van der Waals surface area contributed by atoms with Crippen molar-refractivity contribution in [2.75, 3.05) is 13.7 Å². The Morgan fingerprint density at radius 2 is 1.92 bits per heavy atom. The topological polar surface area (TPSA) is 120 Å².